The average molecular weight is 293 g/mol. The van der Waals surface area contributed by atoms with Crippen molar-refractivity contribution < 1.29 is 4.92 Å². The first-order valence-corrected chi connectivity index (χ1v) is 7.04. The zero-order chi connectivity index (χ0) is 14.5. The molecule has 0 aliphatic carbocycles. The van der Waals surface area contributed by atoms with Gasteiger partial charge in [-0.05, 0) is 13.8 Å². The summed E-state index contributed by atoms with van der Waals surface area (Å²) in [6.07, 6.45) is 1.73. The van der Waals surface area contributed by atoms with Gasteiger partial charge in [-0.15, -0.1) is 11.3 Å². The van der Waals surface area contributed by atoms with Gasteiger partial charge in [-0.3, -0.25) is 10.1 Å². The highest BCUT2D eigenvalue weighted by atomic mass is 32.1. The van der Waals surface area contributed by atoms with Gasteiger partial charge < -0.3 is 10.6 Å². The Hall–Kier alpha value is -2.22. The van der Waals surface area contributed by atoms with E-state index in [1.807, 2.05) is 19.2 Å². The lowest BCUT2D eigenvalue weighted by Crippen LogP contribution is -2.09. The van der Waals surface area contributed by atoms with Crippen LogP contribution in [0.2, 0.25) is 0 Å². The van der Waals surface area contributed by atoms with E-state index in [1.54, 1.807) is 6.20 Å². The normalized spacial score (nSPS) is 11.9. The highest BCUT2D eigenvalue weighted by Gasteiger charge is 2.14. The zero-order valence-electron chi connectivity index (χ0n) is 11.2. The molecule has 0 aromatic carbocycles. The van der Waals surface area contributed by atoms with E-state index in [0.717, 1.165) is 5.01 Å². The molecule has 2 heterocycles. The average Bonchev–Trinajstić information content (AvgIpc) is 2.92. The number of pyridine rings is 1. The predicted octanol–water partition coefficient (Wildman–Crippen LogP) is 3.05. The monoisotopic (exact) mass is 293 g/mol. The van der Waals surface area contributed by atoms with E-state index in [9.17, 15) is 10.1 Å². The van der Waals surface area contributed by atoms with Gasteiger partial charge in [-0.1, -0.05) is 0 Å². The van der Waals surface area contributed by atoms with Crippen molar-refractivity contribution in [3.8, 4) is 0 Å². The number of nitrogens with zero attached hydrogens (tertiary/aromatic N) is 3. The molecule has 106 valence electrons. The van der Waals surface area contributed by atoms with Gasteiger partial charge in [-0.25, -0.2) is 9.97 Å². The molecule has 0 amide bonds. The Bertz CT molecular complexity index is 588. The molecule has 0 saturated carbocycles. The molecular formula is C12H15N5O2S. The molecular weight excluding hydrogens is 278 g/mol. The molecule has 0 spiro atoms. The van der Waals surface area contributed by atoms with Crippen LogP contribution in [0, 0.1) is 10.1 Å². The second-order valence-electron chi connectivity index (χ2n) is 4.12. The van der Waals surface area contributed by atoms with Crippen LogP contribution >= 0.6 is 11.3 Å². The highest BCUT2D eigenvalue weighted by molar-refractivity contribution is 7.09. The standard InChI is InChI=1S/C12H15N5O2S/c1-3-13-10-6-9(17(18)19)7-11(16-10)15-8(2)12-14-4-5-20-12/h4-8H,3H2,1-2H3,(H2,13,15,16). The molecule has 0 aliphatic heterocycles. The minimum Gasteiger partial charge on any atom is -0.370 e. The van der Waals surface area contributed by atoms with Crippen molar-refractivity contribution in [1.82, 2.24) is 9.97 Å². The zero-order valence-corrected chi connectivity index (χ0v) is 12.0. The van der Waals surface area contributed by atoms with Crippen LogP contribution in [0.1, 0.15) is 24.9 Å². The molecule has 7 nitrogen and oxygen atoms in total. The Morgan fingerprint density at radius 1 is 1.45 bits per heavy atom. The van der Waals surface area contributed by atoms with Gasteiger partial charge in [0, 0.05) is 18.1 Å². The Morgan fingerprint density at radius 2 is 2.20 bits per heavy atom. The molecule has 1 unspecified atom stereocenters. The summed E-state index contributed by atoms with van der Waals surface area (Å²) in [5.41, 5.74) is 0.00443. The number of hydrogen-bond donors (Lipinski definition) is 2. The van der Waals surface area contributed by atoms with Gasteiger partial charge >= 0.3 is 0 Å². The molecule has 2 aromatic heterocycles. The van der Waals surface area contributed by atoms with Crippen molar-refractivity contribution in [2.75, 3.05) is 17.2 Å². The summed E-state index contributed by atoms with van der Waals surface area (Å²) in [6.45, 7) is 4.49. The Labute approximate surface area is 120 Å². The van der Waals surface area contributed by atoms with E-state index in [0.29, 0.717) is 18.2 Å². The van der Waals surface area contributed by atoms with Crippen LogP contribution in [0.25, 0.3) is 0 Å². The molecule has 2 rings (SSSR count). The van der Waals surface area contributed by atoms with Gasteiger partial charge in [0.2, 0.25) is 0 Å². The molecule has 8 heteroatoms. The van der Waals surface area contributed by atoms with Gasteiger partial charge in [0.1, 0.15) is 16.6 Å². The SMILES string of the molecule is CCNc1cc([N+](=O)[O-])cc(NC(C)c2nccs2)n1. The summed E-state index contributed by atoms with van der Waals surface area (Å²) in [5.74, 6) is 0.938. The van der Waals surface area contributed by atoms with E-state index in [2.05, 4.69) is 20.6 Å². The molecule has 1 atom stereocenters. The molecule has 20 heavy (non-hydrogen) atoms. The fraction of sp³-hybridized carbons (Fsp3) is 0.333. The van der Waals surface area contributed by atoms with Crippen molar-refractivity contribution in [2.24, 2.45) is 0 Å². The Morgan fingerprint density at radius 3 is 2.80 bits per heavy atom. The minimum atomic E-state index is -0.429. The third-order valence-corrected chi connectivity index (χ3v) is 3.52. The van der Waals surface area contributed by atoms with Gasteiger partial charge in [-0.2, -0.15) is 0 Å². The molecule has 0 bridgehead atoms. The van der Waals surface area contributed by atoms with Crippen molar-refractivity contribution in [2.45, 2.75) is 19.9 Å². The molecule has 0 saturated heterocycles. The first kappa shape index (κ1) is 14.2. The summed E-state index contributed by atoms with van der Waals surface area (Å²) in [5, 5.41) is 19.8. The first-order chi connectivity index (χ1) is 9.60. The maximum atomic E-state index is 10.9. The van der Waals surface area contributed by atoms with E-state index in [4.69, 9.17) is 0 Å². The summed E-state index contributed by atoms with van der Waals surface area (Å²) < 4.78 is 0. The number of nitro groups is 1. The second-order valence-corrected chi connectivity index (χ2v) is 5.05. The minimum absolute atomic E-state index is 0.00443. The quantitative estimate of drug-likeness (QED) is 0.628. The summed E-state index contributed by atoms with van der Waals surface area (Å²) in [4.78, 5) is 19.0. The van der Waals surface area contributed by atoms with Gasteiger partial charge in [0.15, 0.2) is 0 Å². The van der Waals surface area contributed by atoms with Gasteiger partial charge in [0.25, 0.3) is 5.69 Å². The number of hydrogen-bond acceptors (Lipinski definition) is 7. The van der Waals surface area contributed by atoms with Crippen molar-refractivity contribution >= 4 is 28.7 Å². The molecule has 0 aliphatic rings. The lowest BCUT2D eigenvalue weighted by molar-refractivity contribution is -0.384. The van der Waals surface area contributed by atoms with E-state index in [1.165, 1.54) is 23.5 Å². The fourth-order valence-electron chi connectivity index (χ4n) is 1.70. The molecule has 2 aromatic rings. The maximum Gasteiger partial charge on any atom is 0.276 e. The lowest BCUT2D eigenvalue weighted by atomic mass is 10.3. The van der Waals surface area contributed by atoms with Crippen molar-refractivity contribution in [3.63, 3.8) is 0 Å². The molecule has 0 fully saturated rings. The molecule has 0 radical (unpaired) electrons. The summed E-state index contributed by atoms with van der Waals surface area (Å²) in [7, 11) is 0. The smallest absolute Gasteiger partial charge is 0.276 e. The van der Waals surface area contributed by atoms with E-state index in [-0.39, 0.29) is 11.7 Å². The Balaban J connectivity index is 2.23. The number of rotatable bonds is 6. The fourth-order valence-corrected chi connectivity index (χ4v) is 2.34. The number of aromatic nitrogens is 2. The Kier molecular flexibility index (Phi) is 4.46. The second kappa shape index (κ2) is 6.29. The maximum absolute atomic E-state index is 10.9. The van der Waals surface area contributed by atoms with Gasteiger partial charge in [0.05, 0.1) is 23.1 Å². The topological polar surface area (TPSA) is 93.0 Å². The third kappa shape index (κ3) is 3.41. The van der Waals surface area contributed by atoms with E-state index >= 15 is 0 Å². The van der Waals surface area contributed by atoms with Crippen LogP contribution in [0.15, 0.2) is 23.7 Å². The first-order valence-electron chi connectivity index (χ1n) is 6.16. The largest absolute Gasteiger partial charge is 0.370 e. The van der Waals surface area contributed by atoms with Crippen LogP contribution in [-0.2, 0) is 0 Å². The predicted molar refractivity (Wildman–Crippen MR) is 79.2 cm³/mol. The van der Waals surface area contributed by atoms with Crippen molar-refractivity contribution in [1.29, 1.82) is 0 Å². The van der Waals surface area contributed by atoms with E-state index < -0.39 is 4.92 Å². The number of thiazole rings is 1. The number of anilines is 2. The number of nitrogens with one attached hydrogen (secondary N) is 2. The summed E-state index contributed by atoms with van der Waals surface area (Å²) >= 11 is 1.52. The summed E-state index contributed by atoms with van der Waals surface area (Å²) in [6, 6.07) is 2.78. The van der Waals surface area contributed by atoms with Crippen LogP contribution in [0.5, 0.6) is 0 Å². The van der Waals surface area contributed by atoms with Crippen LogP contribution in [0.4, 0.5) is 17.3 Å². The lowest BCUT2D eigenvalue weighted by Gasteiger charge is -2.13. The highest BCUT2D eigenvalue weighted by Crippen LogP contribution is 2.24. The van der Waals surface area contributed by atoms with Crippen LogP contribution in [0.3, 0.4) is 0 Å². The van der Waals surface area contributed by atoms with Crippen molar-refractivity contribution in [3.05, 3.63) is 38.8 Å². The third-order valence-electron chi connectivity index (χ3n) is 2.57. The molecule has 2 N–H and O–H groups in total. The van der Waals surface area contributed by atoms with Crippen LogP contribution in [-0.4, -0.2) is 21.4 Å². The van der Waals surface area contributed by atoms with Crippen LogP contribution < -0.4 is 10.6 Å².